The van der Waals surface area contributed by atoms with Crippen molar-refractivity contribution < 1.29 is 22.3 Å². The van der Waals surface area contributed by atoms with Crippen LogP contribution in [0.4, 0.5) is 10.3 Å². The molecule has 39 heavy (non-hydrogen) atoms. The van der Waals surface area contributed by atoms with E-state index < -0.39 is 15.7 Å². The van der Waals surface area contributed by atoms with E-state index in [2.05, 4.69) is 31.8 Å². The highest BCUT2D eigenvalue weighted by Crippen LogP contribution is 2.35. The van der Waals surface area contributed by atoms with Crippen molar-refractivity contribution in [3.8, 4) is 11.6 Å². The molecule has 5 heterocycles. The average Bonchev–Trinajstić information content (AvgIpc) is 3.33. The summed E-state index contributed by atoms with van der Waals surface area (Å²) in [5, 5.41) is 0.639. The summed E-state index contributed by atoms with van der Waals surface area (Å²) in [4.78, 5) is 20.1. The molecule has 12 heteroatoms. The minimum absolute atomic E-state index is 0.0822. The molecule has 2 bridgehead atoms. The van der Waals surface area contributed by atoms with Crippen LogP contribution in [-0.2, 0) is 21.0 Å². The lowest BCUT2D eigenvalue weighted by atomic mass is 9.84. The van der Waals surface area contributed by atoms with Crippen molar-refractivity contribution in [2.75, 3.05) is 37.5 Å². The van der Waals surface area contributed by atoms with Gasteiger partial charge in [-0.05, 0) is 36.2 Å². The molecule has 0 saturated carbocycles. The number of hydrogen-bond donors (Lipinski definition) is 0. The molecule has 2 atom stereocenters. The van der Waals surface area contributed by atoms with E-state index in [9.17, 15) is 12.8 Å². The topological polar surface area (TPSA) is 112 Å². The van der Waals surface area contributed by atoms with Crippen LogP contribution in [0.25, 0.3) is 16.7 Å². The lowest BCUT2D eigenvalue weighted by molar-refractivity contribution is -0.0764. The first-order valence-electron chi connectivity index (χ1n) is 12.9. The number of aromatic nitrogens is 5. The summed E-state index contributed by atoms with van der Waals surface area (Å²) in [5.74, 6) is 0.646. The number of ether oxygens (including phenoxy) is 2. The first-order chi connectivity index (χ1) is 18.8. The summed E-state index contributed by atoms with van der Waals surface area (Å²) < 4.78 is 52.6. The fourth-order valence-corrected chi connectivity index (χ4v) is 6.08. The Balaban J connectivity index is 1.25. The fraction of sp³-hybridized carbons (Fsp3) is 0.407. The van der Waals surface area contributed by atoms with Crippen molar-refractivity contribution in [3.05, 3.63) is 60.6 Å². The van der Waals surface area contributed by atoms with Gasteiger partial charge in [-0.15, -0.1) is 0 Å². The number of hydrogen-bond acceptors (Lipinski definition) is 9. The lowest BCUT2D eigenvalue weighted by Crippen LogP contribution is -2.58. The maximum atomic E-state index is 14.9. The summed E-state index contributed by atoms with van der Waals surface area (Å²) in [5.41, 5.74) is 1.78. The third-order valence-electron chi connectivity index (χ3n) is 7.32. The predicted molar refractivity (Wildman–Crippen MR) is 142 cm³/mol. The Kier molecular flexibility index (Phi) is 6.67. The molecule has 1 aromatic carbocycles. The van der Waals surface area contributed by atoms with E-state index in [-0.39, 0.29) is 28.5 Å². The van der Waals surface area contributed by atoms with Crippen LogP contribution in [0.15, 0.2) is 54.1 Å². The normalized spacial score (nSPS) is 21.3. The van der Waals surface area contributed by atoms with E-state index in [1.807, 2.05) is 12.4 Å². The second-order valence-electron chi connectivity index (χ2n) is 10.2. The molecule has 2 aliphatic rings. The molecule has 0 N–H and O–H groups in total. The van der Waals surface area contributed by atoms with Crippen molar-refractivity contribution in [2.45, 2.75) is 30.8 Å². The van der Waals surface area contributed by atoms with E-state index in [4.69, 9.17) is 9.47 Å². The number of nitrogens with zero attached hydrogens (tertiary/aromatic N) is 6. The maximum Gasteiger partial charge on any atom is 0.226 e. The largest absolute Gasteiger partial charge is 0.473 e. The van der Waals surface area contributed by atoms with Crippen molar-refractivity contribution in [2.24, 2.45) is 11.8 Å². The molecule has 2 fully saturated rings. The smallest absolute Gasteiger partial charge is 0.226 e. The zero-order valence-electron chi connectivity index (χ0n) is 21.7. The molecule has 0 spiro atoms. The SMILES string of the molecule is CCCc1cnc(N2CC3COCC(C2)C3Oc2ncnc3c2ccn3-c2ccc(S(C)(=O)=O)cc2F)nc1. The fourth-order valence-electron chi connectivity index (χ4n) is 5.44. The number of halogens is 1. The monoisotopic (exact) mass is 552 g/mol. The quantitative estimate of drug-likeness (QED) is 0.341. The molecule has 2 saturated heterocycles. The van der Waals surface area contributed by atoms with Gasteiger partial charge in [-0.3, -0.25) is 4.57 Å². The van der Waals surface area contributed by atoms with E-state index in [0.717, 1.165) is 36.7 Å². The third kappa shape index (κ3) is 4.94. The number of aryl methyl sites for hydroxylation is 1. The van der Waals surface area contributed by atoms with Crippen LogP contribution in [0.1, 0.15) is 18.9 Å². The Bertz CT molecular complexity index is 1600. The minimum Gasteiger partial charge on any atom is -0.473 e. The van der Waals surface area contributed by atoms with Gasteiger partial charge in [0.15, 0.2) is 15.5 Å². The molecule has 3 aromatic heterocycles. The number of sulfone groups is 1. The van der Waals surface area contributed by atoms with Gasteiger partial charge < -0.3 is 14.4 Å². The molecule has 10 nitrogen and oxygen atoms in total. The number of piperidine rings is 1. The van der Waals surface area contributed by atoms with Gasteiger partial charge >= 0.3 is 0 Å². The first kappa shape index (κ1) is 25.6. The van der Waals surface area contributed by atoms with Crippen LogP contribution < -0.4 is 9.64 Å². The Hall–Kier alpha value is -3.64. The van der Waals surface area contributed by atoms with E-state index >= 15 is 0 Å². The molecule has 0 radical (unpaired) electrons. The summed E-state index contributed by atoms with van der Waals surface area (Å²) >= 11 is 0. The minimum atomic E-state index is -3.53. The van der Waals surface area contributed by atoms with Crippen LogP contribution in [0, 0.1) is 17.7 Å². The highest BCUT2D eigenvalue weighted by Gasteiger charge is 2.43. The van der Waals surface area contributed by atoms with Gasteiger partial charge in [0.05, 0.1) is 29.2 Å². The number of anilines is 1. The molecular formula is C27H29FN6O4S. The number of fused-ring (bicyclic) bond motifs is 3. The van der Waals surface area contributed by atoms with Gasteiger partial charge in [0.25, 0.3) is 0 Å². The zero-order valence-corrected chi connectivity index (χ0v) is 22.5. The van der Waals surface area contributed by atoms with Crippen molar-refractivity contribution in [1.29, 1.82) is 0 Å². The van der Waals surface area contributed by atoms with E-state index in [0.29, 0.717) is 43.2 Å². The van der Waals surface area contributed by atoms with Gasteiger partial charge in [-0.2, -0.15) is 0 Å². The molecule has 2 aliphatic heterocycles. The molecule has 6 rings (SSSR count). The second kappa shape index (κ2) is 10.2. The van der Waals surface area contributed by atoms with Gasteiger partial charge in [0, 0.05) is 49.8 Å². The van der Waals surface area contributed by atoms with Crippen molar-refractivity contribution in [3.63, 3.8) is 0 Å². The highest BCUT2D eigenvalue weighted by atomic mass is 32.2. The van der Waals surface area contributed by atoms with Crippen LogP contribution in [0.2, 0.25) is 0 Å². The van der Waals surface area contributed by atoms with Gasteiger partial charge in [0.1, 0.15) is 18.2 Å². The van der Waals surface area contributed by atoms with Crippen LogP contribution in [-0.4, -0.2) is 71.6 Å². The van der Waals surface area contributed by atoms with Crippen molar-refractivity contribution in [1.82, 2.24) is 24.5 Å². The van der Waals surface area contributed by atoms with Crippen molar-refractivity contribution >= 4 is 26.8 Å². The van der Waals surface area contributed by atoms with E-state index in [1.54, 1.807) is 16.8 Å². The zero-order chi connectivity index (χ0) is 27.1. The molecule has 2 unspecified atom stereocenters. The summed E-state index contributed by atoms with van der Waals surface area (Å²) in [7, 11) is -3.53. The molecule has 204 valence electrons. The number of rotatable bonds is 7. The van der Waals surface area contributed by atoms with Crippen LogP contribution in [0.5, 0.6) is 5.88 Å². The molecular weight excluding hydrogens is 523 g/mol. The Morgan fingerprint density at radius 2 is 1.82 bits per heavy atom. The van der Waals surface area contributed by atoms with Gasteiger partial charge in [0.2, 0.25) is 11.8 Å². The second-order valence-corrected chi connectivity index (χ2v) is 12.2. The summed E-state index contributed by atoms with van der Waals surface area (Å²) in [6, 6.07) is 5.61. The Labute approximate surface area is 225 Å². The summed E-state index contributed by atoms with van der Waals surface area (Å²) in [6.45, 7) is 4.64. The molecule has 0 aliphatic carbocycles. The Morgan fingerprint density at radius 1 is 1.08 bits per heavy atom. The lowest BCUT2D eigenvalue weighted by Gasteiger charge is -2.46. The van der Waals surface area contributed by atoms with E-state index in [1.165, 1.54) is 18.5 Å². The van der Waals surface area contributed by atoms with Gasteiger partial charge in [-0.1, -0.05) is 13.3 Å². The first-order valence-corrected chi connectivity index (χ1v) is 14.8. The average molecular weight is 553 g/mol. The van der Waals surface area contributed by atoms with Crippen LogP contribution >= 0.6 is 0 Å². The van der Waals surface area contributed by atoms with Crippen LogP contribution in [0.3, 0.4) is 0 Å². The standard InChI is InChI=1S/C27H29FN6O4S/c1-3-4-17-10-29-27(30-11-17)33-12-18-14-37-15-19(13-33)24(18)38-26-21-7-8-34(25(21)31-16-32-26)23-6-5-20(9-22(23)28)39(2,35)36/h5-11,16,18-19,24H,3-4,12-15H2,1-2H3. The number of benzene rings is 1. The molecule has 4 aromatic rings. The Morgan fingerprint density at radius 3 is 2.49 bits per heavy atom. The third-order valence-corrected chi connectivity index (χ3v) is 8.43. The predicted octanol–water partition coefficient (Wildman–Crippen LogP) is 3.24. The maximum absolute atomic E-state index is 14.9. The highest BCUT2D eigenvalue weighted by molar-refractivity contribution is 7.90. The van der Waals surface area contributed by atoms with Gasteiger partial charge in [-0.25, -0.2) is 32.7 Å². The molecule has 0 amide bonds. The summed E-state index contributed by atoms with van der Waals surface area (Å²) in [6.07, 6.45) is 9.81.